The molecule has 0 spiro atoms. The van der Waals surface area contributed by atoms with E-state index in [4.69, 9.17) is 10.6 Å². The van der Waals surface area contributed by atoms with Crippen molar-refractivity contribution < 1.29 is 4.74 Å². The molecule has 0 aromatic carbocycles. The Labute approximate surface area is 82.1 Å². The van der Waals surface area contributed by atoms with Gasteiger partial charge in [0.15, 0.2) is 0 Å². The van der Waals surface area contributed by atoms with Crippen LogP contribution in [0.1, 0.15) is 11.8 Å². The zero-order chi connectivity index (χ0) is 9.68. The van der Waals surface area contributed by atoms with Gasteiger partial charge in [-0.1, -0.05) is 0 Å². The Hall–Kier alpha value is -0.490. The Morgan fingerprint density at radius 3 is 3.00 bits per heavy atom. The van der Waals surface area contributed by atoms with Crippen LogP contribution in [0.25, 0.3) is 0 Å². The van der Waals surface area contributed by atoms with Gasteiger partial charge in [-0.2, -0.15) is 0 Å². The van der Waals surface area contributed by atoms with Gasteiger partial charge in [0, 0.05) is 24.6 Å². The lowest BCUT2D eigenvalue weighted by Crippen LogP contribution is -2.44. The second kappa shape index (κ2) is 5.29. The molecule has 1 aromatic rings. The molecule has 5 heteroatoms. The molecule has 3 N–H and O–H groups in total. The summed E-state index contributed by atoms with van der Waals surface area (Å²) >= 11 is 1.63. The molecule has 1 heterocycles. The Morgan fingerprint density at radius 1 is 1.77 bits per heavy atom. The molecule has 0 bridgehead atoms. The van der Waals surface area contributed by atoms with E-state index in [1.54, 1.807) is 18.4 Å². The molecular formula is C8H15N3OS. The monoisotopic (exact) mass is 201 g/mol. The molecule has 1 aromatic heterocycles. The molecule has 0 aliphatic carbocycles. The number of hydrogen-bond donors (Lipinski definition) is 2. The first-order chi connectivity index (χ1) is 6.27. The second-order valence-electron chi connectivity index (χ2n) is 2.89. The number of nitrogens with two attached hydrogens (primary N) is 1. The molecule has 0 amide bonds. The number of hydrogen-bond acceptors (Lipinski definition) is 5. The average Bonchev–Trinajstić information content (AvgIpc) is 2.65. The summed E-state index contributed by atoms with van der Waals surface area (Å²) in [7, 11) is 1.68. The SMILES string of the molecule is COC(C)C(Cc1cncs1)NN. The van der Waals surface area contributed by atoms with E-state index in [0.29, 0.717) is 0 Å². The highest BCUT2D eigenvalue weighted by atomic mass is 32.1. The number of methoxy groups -OCH3 is 1. The van der Waals surface area contributed by atoms with Crippen molar-refractivity contribution in [2.45, 2.75) is 25.5 Å². The van der Waals surface area contributed by atoms with Crippen LogP contribution in [0.4, 0.5) is 0 Å². The summed E-state index contributed by atoms with van der Waals surface area (Å²) in [6, 6.07) is 0.144. The molecule has 0 radical (unpaired) electrons. The Kier molecular flexibility index (Phi) is 4.31. The molecule has 0 aliphatic heterocycles. The fourth-order valence-corrected chi connectivity index (χ4v) is 1.74. The van der Waals surface area contributed by atoms with Gasteiger partial charge in [-0.05, 0) is 6.92 Å². The molecule has 0 fully saturated rings. The number of rotatable bonds is 5. The van der Waals surface area contributed by atoms with E-state index in [1.165, 1.54) is 4.88 Å². The summed E-state index contributed by atoms with van der Waals surface area (Å²) in [6.07, 6.45) is 2.82. The molecule has 2 unspecified atom stereocenters. The largest absolute Gasteiger partial charge is 0.380 e. The highest BCUT2D eigenvalue weighted by molar-refractivity contribution is 7.09. The predicted molar refractivity (Wildman–Crippen MR) is 53.4 cm³/mol. The number of nitrogens with one attached hydrogen (secondary N) is 1. The maximum Gasteiger partial charge on any atom is 0.0794 e. The van der Waals surface area contributed by atoms with Gasteiger partial charge < -0.3 is 4.74 Å². The maximum absolute atomic E-state index is 5.42. The normalized spacial score (nSPS) is 15.6. The van der Waals surface area contributed by atoms with E-state index in [0.717, 1.165) is 6.42 Å². The molecule has 13 heavy (non-hydrogen) atoms. The average molecular weight is 201 g/mol. The minimum atomic E-state index is 0.104. The number of aromatic nitrogens is 1. The van der Waals surface area contributed by atoms with Crippen molar-refractivity contribution in [3.63, 3.8) is 0 Å². The van der Waals surface area contributed by atoms with Crippen molar-refractivity contribution in [2.75, 3.05) is 7.11 Å². The summed E-state index contributed by atoms with van der Waals surface area (Å²) in [5.74, 6) is 5.42. The van der Waals surface area contributed by atoms with Crippen molar-refractivity contribution in [3.05, 3.63) is 16.6 Å². The summed E-state index contributed by atoms with van der Waals surface area (Å²) in [5.41, 5.74) is 4.56. The zero-order valence-electron chi connectivity index (χ0n) is 7.86. The molecule has 0 saturated carbocycles. The lowest BCUT2D eigenvalue weighted by atomic mass is 10.1. The van der Waals surface area contributed by atoms with E-state index in [9.17, 15) is 0 Å². The number of thiazole rings is 1. The maximum atomic E-state index is 5.42. The van der Waals surface area contributed by atoms with E-state index in [2.05, 4.69) is 10.4 Å². The van der Waals surface area contributed by atoms with Crippen LogP contribution < -0.4 is 11.3 Å². The van der Waals surface area contributed by atoms with E-state index >= 15 is 0 Å². The predicted octanol–water partition coefficient (Wildman–Crippen LogP) is 0.552. The van der Waals surface area contributed by atoms with Crippen LogP contribution in [-0.2, 0) is 11.2 Å². The lowest BCUT2D eigenvalue weighted by Gasteiger charge is -2.20. The molecule has 74 valence electrons. The van der Waals surface area contributed by atoms with E-state index in [1.807, 2.05) is 18.6 Å². The van der Waals surface area contributed by atoms with Gasteiger partial charge in [0.25, 0.3) is 0 Å². The first-order valence-electron chi connectivity index (χ1n) is 4.14. The van der Waals surface area contributed by atoms with Crippen molar-refractivity contribution in [3.8, 4) is 0 Å². The molecular weight excluding hydrogens is 186 g/mol. The highest BCUT2D eigenvalue weighted by Crippen LogP contribution is 2.11. The molecule has 0 aliphatic rings. The van der Waals surface area contributed by atoms with Gasteiger partial charge in [0.05, 0.1) is 17.7 Å². The third kappa shape index (κ3) is 3.04. The summed E-state index contributed by atoms with van der Waals surface area (Å²) in [5, 5.41) is 0. The standard InChI is InChI=1S/C8H15N3OS/c1-6(12-2)8(11-9)3-7-4-10-5-13-7/h4-6,8,11H,3,9H2,1-2H3. The molecule has 0 saturated heterocycles. The van der Waals surface area contributed by atoms with Gasteiger partial charge in [0.1, 0.15) is 0 Å². The van der Waals surface area contributed by atoms with Crippen LogP contribution in [0.2, 0.25) is 0 Å². The van der Waals surface area contributed by atoms with Gasteiger partial charge in [-0.25, -0.2) is 0 Å². The van der Waals surface area contributed by atoms with Crippen LogP contribution in [0.3, 0.4) is 0 Å². The van der Waals surface area contributed by atoms with Crippen molar-refractivity contribution in [1.29, 1.82) is 0 Å². The van der Waals surface area contributed by atoms with Crippen molar-refractivity contribution in [2.24, 2.45) is 5.84 Å². The number of ether oxygens (including phenoxy) is 1. The number of hydrazine groups is 1. The van der Waals surface area contributed by atoms with E-state index < -0.39 is 0 Å². The summed E-state index contributed by atoms with van der Waals surface area (Å²) < 4.78 is 5.19. The first kappa shape index (κ1) is 10.6. The minimum Gasteiger partial charge on any atom is -0.380 e. The van der Waals surface area contributed by atoms with Crippen LogP contribution in [0.15, 0.2) is 11.7 Å². The molecule has 1 rings (SSSR count). The quantitative estimate of drug-likeness (QED) is 0.539. The Bertz CT molecular complexity index is 227. The van der Waals surface area contributed by atoms with Gasteiger partial charge >= 0.3 is 0 Å². The van der Waals surface area contributed by atoms with Gasteiger partial charge in [0.2, 0.25) is 0 Å². The summed E-state index contributed by atoms with van der Waals surface area (Å²) in [6.45, 7) is 1.99. The second-order valence-corrected chi connectivity index (χ2v) is 3.86. The zero-order valence-corrected chi connectivity index (χ0v) is 8.67. The van der Waals surface area contributed by atoms with Gasteiger partial charge in [-0.3, -0.25) is 16.3 Å². The molecule has 2 atom stereocenters. The fourth-order valence-electron chi connectivity index (χ4n) is 1.08. The van der Waals surface area contributed by atoms with E-state index in [-0.39, 0.29) is 12.1 Å². The van der Waals surface area contributed by atoms with Crippen LogP contribution in [0.5, 0.6) is 0 Å². The third-order valence-electron chi connectivity index (χ3n) is 2.06. The number of nitrogens with zero attached hydrogens (tertiary/aromatic N) is 1. The first-order valence-corrected chi connectivity index (χ1v) is 5.02. The summed E-state index contributed by atoms with van der Waals surface area (Å²) in [4.78, 5) is 5.22. The van der Waals surface area contributed by atoms with Crippen LogP contribution >= 0.6 is 11.3 Å². The van der Waals surface area contributed by atoms with Gasteiger partial charge in [-0.15, -0.1) is 11.3 Å². The highest BCUT2D eigenvalue weighted by Gasteiger charge is 2.16. The topological polar surface area (TPSA) is 60.2 Å². The molecule has 4 nitrogen and oxygen atoms in total. The minimum absolute atomic E-state index is 0.104. The Morgan fingerprint density at radius 2 is 2.54 bits per heavy atom. The van der Waals surface area contributed by atoms with Crippen LogP contribution in [0, 0.1) is 0 Å². The third-order valence-corrected chi connectivity index (χ3v) is 2.86. The van der Waals surface area contributed by atoms with Crippen LogP contribution in [-0.4, -0.2) is 24.2 Å². The fraction of sp³-hybridized carbons (Fsp3) is 0.625. The van der Waals surface area contributed by atoms with Crippen molar-refractivity contribution in [1.82, 2.24) is 10.4 Å². The van der Waals surface area contributed by atoms with Crippen molar-refractivity contribution >= 4 is 11.3 Å². The smallest absolute Gasteiger partial charge is 0.0794 e. The lowest BCUT2D eigenvalue weighted by molar-refractivity contribution is 0.0834. The Balaban J connectivity index is 2.49.